The van der Waals surface area contributed by atoms with Gasteiger partial charge in [-0.1, -0.05) is 20.3 Å². The van der Waals surface area contributed by atoms with Crippen LogP contribution in [0.25, 0.3) is 10.9 Å². The van der Waals surface area contributed by atoms with Crippen LogP contribution in [0.4, 0.5) is 5.69 Å². The summed E-state index contributed by atoms with van der Waals surface area (Å²) in [5.41, 5.74) is 5.61. The highest BCUT2D eigenvalue weighted by atomic mass is 16.5. The number of anilines is 1. The van der Waals surface area contributed by atoms with Gasteiger partial charge >= 0.3 is 5.97 Å². The van der Waals surface area contributed by atoms with Crippen molar-refractivity contribution in [2.45, 2.75) is 84.2 Å². The molecule has 8 nitrogen and oxygen atoms in total. The third-order valence-electron chi connectivity index (χ3n) is 6.90. The number of aromatic nitrogens is 3. The first-order valence-electron chi connectivity index (χ1n) is 13.2. The molecule has 8 heteroatoms. The second kappa shape index (κ2) is 11.7. The maximum atomic E-state index is 12.4. The van der Waals surface area contributed by atoms with Gasteiger partial charge in [0.25, 0.3) is 0 Å². The van der Waals surface area contributed by atoms with Crippen LogP contribution in [0.15, 0.2) is 30.6 Å². The third-order valence-corrected chi connectivity index (χ3v) is 6.90. The number of amides is 1. The minimum Gasteiger partial charge on any atom is -0.465 e. The topological polar surface area (TPSA) is 101 Å². The molecule has 1 aromatic carbocycles. The smallest absolute Gasteiger partial charge is 0.315 e. The quantitative estimate of drug-likeness (QED) is 0.201. The molecule has 0 saturated carbocycles. The summed E-state index contributed by atoms with van der Waals surface area (Å²) in [5.74, 6) is -0.424. The summed E-state index contributed by atoms with van der Waals surface area (Å²) in [4.78, 5) is 27.8. The number of hydrogen-bond donors (Lipinski definition) is 3. The molecule has 3 N–H and O–H groups in total. The molecule has 1 aliphatic rings. The number of carbonyl (C=O) groups excluding carboxylic acids is 2. The van der Waals surface area contributed by atoms with Crippen molar-refractivity contribution >= 4 is 28.5 Å². The number of carbonyl (C=O) groups is 2. The number of benzene rings is 1. The van der Waals surface area contributed by atoms with E-state index >= 15 is 0 Å². The van der Waals surface area contributed by atoms with Crippen molar-refractivity contribution in [1.29, 1.82) is 0 Å². The summed E-state index contributed by atoms with van der Waals surface area (Å²) in [6.07, 6.45) is 8.54. The molecule has 0 spiro atoms. The largest absolute Gasteiger partial charge is 0.465 e. The van der Waals surface area contributed by atoms with E-state index in [1.54, 1.807) is 0 Å². The number of rotatable bonds is 11. The first kappa shape index (κ1) is 25.9. The lowest BCUT2D eigenvalue weighted by atomic mass is 9.84. The average molecular weight is 494 g/mol. The van der Waals surface area contributed by atoms with Crippen LogP contribution in [0.3, 0.4) is 0 Å². The zero-order chi connectivity index (χ0) is 25.7. The monoisotopic (exact) mass is 493 g/mol. The van der Waals surface area contributed by atoms with Crippen LogP contribution in [0.2, 0.25) is 0 Å². The summed E-state index contributed by atoms with van der Waals surface area (Å²) in [6.45, 7) is 9.84. The minimum absolute atomic E-state index is 0.272. The van der Waals surface area contributed by atoms with Crippen molar-refractivity contribution in [1.82, 2.24) is 20.1 Å². The molecule has 194 valence electrons. The zero-order valence-corrected chi connectivity index (χ0v) is 21.9. The van der Waals surface area contributed by atoms with Crippen molar-refractivity contribution in [2.75, 3.05) is 18.5 Å². The molecule has 0 saturated heterocycles. The Hall–Kier alpha value is -3.13. The molecule has 2 heterocycles. The molecule has 0 radical (unpaired) electrons. The number of ether oxygens (including phenoxy) is 1. The van der Waals surface area contributed by atoms with Gasteiger partial charge in [0.2, 0.25) is 5.91 Å². The molecule has 2 aromatic heterocycles. The SMILES string of the molecule is CCCCOC(=O)CC(=O)Nc1ccc2[nH]c3c(c2c1)CC(NCCc1cnn(C(C)C)c1)CC3C. The molecule has 3 aromatic rings. The van der Waals surface area contributed by atoms with E-state index in [1.807, 2.05) is 36.0 Å². The zero-order valence-electron chi connectivity index (χ0n) is 21.9. The van der Waals surface area contributed by atoms with E-state index in [4.69, 9.17) is 4.74 Å². The molecule has 36 heavy (non-hydrogen) atoms. The standard InChI is InChI=1S/C28H39N5O3/c1-5-6-11-36-27(35)15-26(34)31-21-7-8-25-23(13-21)24-14-22(12-19(4)28(24)32-25)29-10-9-20-16-30-33(17-20)18(2)3/h7-8,13,16-19,22,29,32H,5-6,9-12,14-15H2,1-4H3,(H,31,34). The molecule has 0 fully saturated rings. The van der Waals surface area contributed by atoms with E-state index in [0.29, 0.717) is 30.3 Å². The van der Waals surface area contributed by atoms with E-state index in [9.17, 15) is 9.59 Å². The van der Waals surface area contributed by atoms with Gasteiger partial charge in [-0.15, -0.1) is 0 Å². The normalized spacial score (nSPS) is 17.4. The first-order chi connectivity index (χ1) is 17.3. The highest BCUT2D eigenvalue weighted by molar-refractivity contribution is 6.03. The predicted octanol–water partition coefficient (Wildman–Crippen LogP) is 4.87. The number of aromatic amines is 1. The van der Waals surface area contributed by atoms with Gasteiger partial charge < -0.3 is 20.4 Å². The molecule has 1 amide bonds. The number of fused-ring (bicyclic) bond motifs is 3. The van der Waals surface area contributed by atoms with Crippen LogP contribution in [-0.4, -0.2) is 45.8 Å². The van der Waals surface area contributed by atoms with Gasteiger partial charge in [-0.25, -0.2) is 0 Å². The lowest BCUT2D eigenvalue weighted by Crippen LogP contribution is -2.36. The Bertz CT molecular complexity index is 1200. The highest BCUT2D eigenvalue weighted by Crippen LogP contribution is 2.37. The predicted molar refractivity (Wildman–Crippen MR) is 142 cm³/mol. The fraction of sp³-hybridized carbons (Fsp3) is 0.536. The Labute approximate surface area is 213 Å². The Balaban J connectivity index is 1.37. The van der Waals surface area contributed by atoms with Gasteiger partial charge in [-0.3, -0.25) is 14.3 Å². The highest BCUT2D eigenvalue weighted by Gasteiger charge is 2.27. The second-order valence-corrected chi connectivity index (χ2v) is 10.2. The third kappa shape index (κ3) is 6.35. The van der Waals surface area contributed by atoms with E-state index in [0.717, 1.165) is 49.6 Å². The van der Waals surface area contributed by atoms with Gasteiger partial charge in [-0.05, 0) is 81.3 Å². The van der Waals surface area contributed by atoms with Gasteiger partial charge in [0.05, 0.1) is 12.8 Å². The minimum atomic E-state index is -0.486. The summed E-state index contributed by atoms with van der Waals surface area (Å²) in [7, 11) is 0. The maximum absolute atomic E-state index is 12.4. The van der Waals surface area contributed by atoms with Crippen LogP contribution >= 0.6 is 0 Å². The number of nitrogens with zero attached hydrogens (tertiary/aromatic N) is 2. The molecule has 2 atom stereocenters. The van der Waals surface area contributed by atoms with Crippen molar-refractivity contribution in [3.63, 3.8) is 0 Å². The first-order valence-corrected chi connectivity index (χ1v) is 13.2. The molecule has 2 unspecified atom stereocenters. The van der Waals surface area contributed by atoms with Crippen LogP contribution < -0.4 is 10.6 Å². The molecular weight excluding hydrogens is 454 g/mol. The number of esters is 1. The van der Waals surface area contributed by atoms with E-state index in [2.05, 4.69) is 47.7 Å². The number of unbranched alkanes of at least 4 members (excludes halogenated alkanes) is 1. The van der Waals surface area contributed by atoms with Crippen molar-refractivity contribution in [3.05, 3.63) is 47.4 Å². The molecule has 4 rings (SSSR count). The van der Waals surface area contributed by atoms with Crippen LogP contribution in [0.5, 0.6) is 0 Å². The van der Waals surface area contributed by atoms with E-state index < -0.39 is 5.97 Å². The molecule has 0 bridgehead atoms. The van der Waals surface area contributed by atoms with E-state index in [1.165, 1.54) is 16.8 Å². The number of nitrogens with one attached hydrogen (secondary N) is 3. The van der Waals surface area contributed by atoms with Crippen LogP contribution in [-0.2, 0) is 27.2 Å². The van der Waals surface area contributed by atoms with Crippen LogP contribution in [0.1, 0.15) is 82.2 Å². The van der Waals surface area contributed by atoms with Gasteiger partial charge in [0, 0.05) is 40.6 Å². The fourth-order valence-corrected chi connectivity index (χ4v) is 4.94. The summed E-state index contributed by atoms with van der Waals surface area (Å²) >= 11 is 0. The summed E-state index contributed by atoms with van der Waals surface area (Å²) in [6, 6.07) is 6.66. The van der Waals surface area contributed by atoms with E-state index in [-0.39, 0.29) is 12.3 Å². The van der Waals surface area contributed by atoms with Crippen molar-refractivity contribution in [2.24, 2.45) is 0 Å². The Morgan fingerprint density at radius 1 is 1.31 bits per heavy atom. The summed E-state index contributed by atoms with van der Waals surface area (Å²) in [5, 5.41) is 12.2. The number of H-pyrrole nitrogens is 1. The molecule has 1 aliphatic carbocycles. The lowest BCUT2D eigenvalue weighted by molar-refractivity contribution is -0.145. The van der Waals surface area contributed by atoms with Gasteiger partial charge in [0.1, 0.15) is 6.42 Å². The fourth-order valence-electron chi connectivity index (χ4n) is 4.94. The lowest BCUT2D eigenvalue weighted by Gasteiger charge is -2.28. The Kier molecular flexibility index (Phi) is 8.46. The maximum Gasteiger partial charge on any atom is 0.315 e. The summed E-state index contributed by atoms with van der Waals surface area (Å²) < 4.78 is 7.10. The second-order valence-electron chi connectivity index (χ2n) is 10.2. The van der Waals surface area contributed by atoms with Gasteiger partial charge in [-0.2, -0.15) is 5.10 Å². The van der Waals surface area contributed by atoms with Gasteiger partial charge in [0.15, 0.2) is 0 Å². The molecular formula is C28H39N5O3. The van der Waals surface area contributed by atoms with Crippen molar-refractivity contribution < 1.29 is 14.3 Å². The average Bonchev–Trinajstić information content (AvgIpc) is 3.45. The Morgan fingerprint density at radius 2 is 2.14 bits per heavy atom. The van der Waals surface area contributed by atoms with Crippen LogP contribution in [0, 0.1) is 0 Å². The molecule has 0 aliphatic heterocycles. The Morgan fingerprint density at radius 3 is 2.89 bits per heavy atom. The van der Waals surface area contributed by atoms with Crippen molar-refractivity contribution in [3.8, 4) is 0 Å². The number of hydrogen-bond acceptors (Lipinski definition) is 5.